The van der Waals surface area contributed by atoms with Crippen molar-refractivity contribution in [2.75, 3.05) is 18.5 Å². The number of hydrogen-bond donors (Lipinski definition) is 2. The molecule has 27 heavy (non-hydrogen) atoms. The molecular formula is C21H23ClN2O3. The number of hydrogen-bond acceptors (Lipinski definition) is 3. The van der Waals surface area contributed by atoms with Crippen LogP contribution in [-0.4, -0.2) is 25.3 Å². The van der Waals surface area contributed by atoms with Gasteiger partial charge in [0, 0.05) is 17.3 Å². The molecule has 2 amide bonds. The molecule has 1 saturated carbocycles. The number of benzene rings is 2. The summed E-state index contributed by atoms with van der Waals surface area (Å²) in [4.78, 5) is 12.4. The molecule has 142 valence electrons. The Balaban J connectivity index is 1.31. The first-order valence-corrected chi connectivity index (χ1v) is 9.71. The minimum absolute atomic E-state index is 0.188. The number of amides is 2. The lowest BCUT2D eigenvalue weighted by atomic mass is 10.1. The quantitative estimate of drug-likeness (QED) is 0.755. The van der Waals surface area contributed by atoms with E-state index in [1.165, 1.54) is 0 Å². The van der Waals surface area contributed by atoms with Gasteiger partial charge in [0.15, 0.2) is 0 Å². The third kappa shape index (κ3) is 4.37. The summed E-state index contributed by atoms with van der Waals surface area (Å²) < 4.78 is 11.3. The van der Waals surface area contributed by atoms with E-state index < -0.39 is 0 Å². The Morgan fingerprint density at radius 2 is 1.96 bits per heavy atom. The Kier molecular flexibility index (Phi) is 5.23. The van der Waals surface area contributed by atoms with Gasteiger partial charge >= 0.3 is 6.03 Å². The molecule has 1 saturated heterocycles. The minimum Gasteiger partial charge on any atom is -0.491 e. The van der Waals surface area contributed by atoms with E-state index in [1.54, 1.807) is 0 Å². The molecule has 5 nitrogen and oxygen atoms in total. The first-order valence-electron chi connectivity index (χ1n) is 9.33. The van der Waals surface area contributed by atoms with Gasteiger partial charge in [-0.3, -0.25) is 0 Å². The fraction of sp³-hybridized carbons (Fsp3) is 0.381. The molecule has 0 bridgehead atoms. The van der Waals surface area contributed by atoms with Crippen LogP contribution in [0.5, 0.6) is 5.75 Å². The lowest BCUT2D eigenvalue weighted by Crippen LogP contribution is -2.38. The van der Waals surface area contributed by atoms with E-state index in [-0.39, 0.29) is 17.7 Å². The molecule has 1 aliphatic heterocycles. The number of nitrogens with one attached hydrogen (secondary N) is 2. The zero-order chi connectivity index (χ0) is 18.7. The second kappa shape index (κ2) is 7.79. The van der Waals surface area contributed by atoms with Gasteiger partial charge in [0.2, 0.25) is 0 Å². The third-order valence-electron chi connectivity index (χ3n) is 5.06. The van der Waals surface area contributed by atoms with Gasteiger partial charge in [-0.1, -0.05) is 29.8 Å². The highest BCUT2D eigenvalue weighted by Gasteiger charge is 2.46. The summed E-state index contributed by atoms with van der Waals surface area (Å²) in [5.74, 6) is 0.770. The normalized spacial score (nSPS) is 20.1. The summed E-state index contributed by atoms with van der Waals surface area (Å²) in [6, 6.07) is 14.8. The maximum atomic E-state index is 12.4. The third-order valence-corrected chi connectivity index (χ3v) is 5.39. The number of carbonyl (C=O) groups excluding carboxylic acids is 1. The summed E-state index contributed by atoms with van der Waals surface area (Å²) in [6.45, 7) is 1.38. The molecule has 6 heteroatoms. The number of halogens is 1. The van der Waals surface area contributed by atoms with Crippen molar-refractivity contribution in [3.05, 3.63) is 59.1 Å². The summed E-state index contributed by atoms with van der Waals surface area (Å²) >= 11 is 6.29. The van der Waals surface area contributed by atoms with Crippen LogP contribution < -0.4 is 15.4 Å². The first kappa shape index (κ1) is 18.1. The topological polar surface area (TPSA) is 59.6 Å². The smallest absolute Gasteiger partial charge is 0.319 e. The molecule has 1 atom stereocenters. The summed E-state index contributed by atoms with van der Waals surface area (Å²) in [5.41, 5.74) is 1.33. The summed E-state index contributed by atoms with van der Waals surface area (Å²) in [7, 11) is 0. The number of rotatable bonds is 6. The minimum atomic E-state index is -0.354. The summed E-state index contributed by atoms with van der Waals surface area (Å²) in [5, 5.41) is 6.63. The van der Waals surface area contributed by atoms with Crippen LogP contribution in [0.2, 0.25) is 5.02 Å². The molecule has 0 unspecified atom stereocenters. The molecule has 2 aliphatic rings. The van der Waals surface area contributed by atoms with Gasteiger partial charge in [-0.25, -0.2) is 4.79 Å². The van der Waals surface area contributed by atoms with Crippen LogP contribution >= 0.6 is 11.6 Å². The second-order valence-corrected chi connectivity index (χ2v) is 7.52. The first-order chi connectivity index (χ1) is 13.1. The average Bonchev–Trinajstić information content (AvgIpc) is 3.24. The molecule has 2 fully saturated rings. The van der Waals surface area contributed by atoms with Gasteiger partial charge in [-0.2, -0.15) is 0 Å². The largest absolute Gasteiger partial charge is 0.491 e. The molecule has 4 rings (SSSR count). The van der Waals surface area contributed by atoms with Crippen molar-refractivity contribution in [3.8, 4) is 5.75 Å². The zero-order valence-corrected chi connectivity index (χ0v) is 15.8. The number of anilines is 1. The Morgan fingerprint density at radius 3 is 2.63 bits per heavy atom. The molecule has 1 aliphatic carbocycles. The lowest BCUT2D eigenvalue weighted by molar-refractivity contribution is 0.0679. The highest BCUT2D eigenvalue weighted by molar-refractivity contribution is 6.31. The van der Waals surface area contributed by atoms with Crippen LogP contribution in [0, 0.1) is 0 Å². The van der Waals surface area contributed by atoms with Crippen molar-refractivity contribution in [3.63, 3.8) is 0 Å². The fourth-order valence-corrected chi connectivity index (χ4v) is 3.73. The van der Waals surface area contributed by atoms with Gasteiger partial charge < -0.3 is 20.1 Å². The highest BCUT2D eigenvalue weighted by atomic mass is 35.5. The standard InChI is InChI=1S/C21H23ClN2O3/c22-19-6-2-1-5-18(19)21(11-12-21)24-20(25)23-15-7-9-16(10-8-15)27-14-17-4-3-13-26-17/h1-2,5-10,17H,3-4,11-14H2,(H2,23,24,25)/t17-/m1/s1. The van der Waals surface area contributed by atoms with Gasteiger partial charge in [0.05, 0.1) is 11.6 Å². The summed E-state index contributed by atoms with van der Waals surface area (Å²) in [6.07, 6.45) is 4.11. The van der Waals surface area contributed by atoms with Crippen LogP contribution in [0.25, 0.3) is 0 Å². The van der Waals surface area contributed by atoms with Crippen LogP contribution in [0.15, 0.2) is 48.5 Å². The van der Waals surface area contributed by atoms with Gasteiger partial charge in [-0.05, 0) is 61.6 Å². The van der Waals surface area contributed by atoms with E-state index >= 15 is 0 Å². The van der Waals surface area contributed by atoms with Crippen molar-refractivity contribution < 1.29 is 14.3 Å². The molecule has 2 aromatic rings. The molecular weight excluding hydrogens is 364 g/mol. The maximum Gasteiger partial charge on any atom is 0.319 e. The lowest BCUT2D eigenvalue weighted by Gasteiger charge is -2.19. The molecule has 2 N–H and O–H groups in total. The maximum absolute atomic E-state index is 12.4. The van der Waals surface area contributed by atoms with Crippen LogP contribution in [0.1, 0.15) is 31.2 Å². The van der Waals surface area contributed by atoms with Crippen molar-refractivity contribution >= 4 is 23.3 Å². The van der Waals surface area contributed by atoms with E-state index in [0.717, 1.165) is 43.6 Å². The van der Waals surface area contributed by atoms with Gasteiger partial charge in [0.1, 0.15) is 12.4 Å². The Hall–Kier alpha value is -2.24. The zero-order valence-electron chi connectivity index (χ0n) is 15.0. The van der Waals surface area contributed by atoms with Crippen LogP contribution in [0.4, 0.5) is 10.5 Å². The average molecular weight is 387 g/mol. The number of urea groups is 1. The SMILES string of the molecule is O=C(Nc1ccc(OC[C@H]2CCCO2)cc1)NC1(c2ccccc2Cl)CC1. The molecule has 2 aromatic carbocycles. The second-order valence-electron chi connectivity index (χ2n) is 7.11. The van der Waals surface area contributed by atoms with E-state index in [1.807, 2.05) is 48.5 Å². The predicted molar refractivity (Wildman–Crippen MR) is 105 cm³/mol. The van der Waals surface area contributed by atoms with E-state index in [2.05, 4.69) is 10.6 Å². The number of carbonyl (C=O) groups is 1. The van der Waals surface area contributed by atoms with Crippen molar-refractivity contribution in [1.29, 1.82) is 0 Å². The predicted octanol–water partition coefficient (Wildman–Crippen LogP) is 4.71. The van der Waals surface area contributed by atoms with E-state index in [0.29, 0.717) is 17.3 Å². The van der Waals surface area contributed by atoms with Crippen molar-refractivity contribution in [2.45, 2.75) is 37.3 Å². The monoisotopic (exact) mass is 386 g/mol. The van der Waals surface area contributed by atoms with Gasteiger partial charge in [0.25, 0.3) is 0 Å². The van der Waals surface area contributed by atoms with E-state index in [9.17, 15) is 4.79 Å². The van der Waals surface area contributed by atoms with Gasteiger partial charge in [-0.15, -0.1) is 0 Å². The van der Waals surface area contributed by atoms with Crippen LogP contribution in [0.3, 0.4) is 0 Å². The van der Waals surface area contributed by atoms with Crippen LogP contribution in [-0.2, 0) is 10.3 Å². The Morgan fingerprint density at radius 1 is 1.19 bits per heavy atom. The molecule has 1 heterocycles. The number of ether oxygens (including phenoxy) is 2. The Labute approximate surface area is 164 Å². The molecule has 0 aromatic heterocycles. The van der Waals surface area contributed by atoms with Crippen molar-refractivity contribution in [2.24, 2.45) is 0 Å². The van der Waals surface area contributed by atoms with Crippen molar-refractivity contribution in [1.82, 2.24) is 5.32 Å². The van der Waals surface area contributed by atoms with E-state index in [4.69, 9.17) is 21.1 Å². The Bertz CT molecular complexity index is 799. The fourth-order valence-electron chi connectivity index (χ4n) is 3.42. The highest BCUT2D eigenvalue weighted by Crippen LogP contribution is 2.47. The molecule has 0 radical (unpaired) electrons. The molecule has 0 spiro atoms.